The van der Waals surface area contributed by atoms with Crippen molar-refractivity contribution in [3.05, 3.63) is 152 Å². The predicted molar refractivity (Wildman–Crippen MR) is 180 cm³/mol. The zero-order valence-corrected chi connectivity index (χ0v) is 23.3. The van der Waals surface area contributed by atoms with Crippen molar-refractivity contribution in [3.8, 4) is 28.5 Å². The van der Waals surface area contributed by atoms with Gasteiger partial charge in [-0.15, -0.1) is 0 Å². The zero-order valence-electron chi connectivity index (χ0n) is 23.3. The van der Waals surface area contributed by atoms with E-state index >= 15 is 0 Å². The van der Waals surface area contributed by atoms with Crippen LogP contribution in [0, 0.1) is 0 Å². The highest BCUT2D eigenvalue weighted by atomic mass is 15.1. The van der Waals surface area contributed by atoms with E-state index in [4.69, 9.17) is 9.97 Å². The number of hydrogen-bond acceptors (Lipinski definition) is 2. The summed E-state index contributed by atoms with van der Waals surface area (Å²) in [6, 6.07) is 53.6. The highest BCUT2D eigenvalue weighted by molar-refractivity contribution is 6.35. The molecule has 3 heteroatoms. The lowest BCUT2D eigenvalue weighted by atomic mass is 9.92. The molecule has 0 bridgehead atoms. The first-order chi connectivity index (χ1) is 21.3. The van der Waals surface area contributed by atoms with Gasteiger partial charge in [0.05, 0.1) is 16.7 Å². The summed E-state index contributed by atoms with van der Waals surface area (Å²) >= 11 is 0. The maximum Gasteiger partial charge on any atom is 0.162 e. The molecule has 0 amide bonds. The second-order valence-electron chi connectivity index (χ2n) is 11.0. The van der Waals surface area contributed by atoms with Crippen LogP contribution in [0.25, 0.3) is 82.6 Å². The Balaban J connectivity index is 1.45. The van der Waals surface area contributed by atoms with Crippen LogP contribution in [-0.2, 0) is 0 Å². The molecule has 0 N–H and O–H groups in total. The lowest BCUT2D eigenvalue weighted by Crippen LogP contribution is -2.02. The molecule has 0 radical (unpaired) electrons. The third kappa shape index (κ3) is 3.62. The van der Waals surface area contributed by atoms with Crippen molar-refractivity contribution in [3.63, 3.8) is 0 Å². The molecule has 0 saturated heterocycles. The van der Waals surface area contributed by atoms with Gasteiger partial charge in [-0.2, -0.15) is 0 Å². The van der Waals surface area contributed by atoms with Crippen molar-refractivity contribution < 1.29 is 0 Å². The normalized spacial score (nSPS) is 11.7. The van der Waals surface area contributed by atoms with Crippen LogP contribution < -0.4 is 0 Å². The van der Waals surface area contributed by atoms with E-state index in [1.807, 2.05) is 24.3 Å². The first-order valence-electron chi connectivity index (χ1n) is 14.6. The fourth-order valence-corrected chi connectivity index (χ4v) is 6.72. The summed E-state index contributed by atoms with van der Waals surface area (Å²) in [5.41, 5.74) is 5.20. The molecular weight excluding hydrogens is 522 g/mol. The molecule has 0 unspecified atom stereocenters. The highest BCUT2D eigenvalue weighted by Gasteiger charge is 2.20. The van der Waals surface area contributed by atoms with Gasteiger partial charge < -0.3 is 0 Å². The van der Waals surface area contributed by atoms with E-state index in [2.05, 4.69) is 132 Å². The summed E-state index contributed by atoms with van der Waals surface area (Å²) in [5, 5.41) is 10.1. The van der Waals surface area contributed by atoms with E-state index in [0.29, 0.717) is 5.82 Å². The number of benzene rings is 7. The summed E-state index contributed by atoms with van der Waals surface area (Å²) in [6.07, 6.45) is 0. The molecule has 0 fully saturated rings. The van der Waals surface area contributed by atoms with Crippen molar-refractivity contribution in [2.24, 2.45) is 0 Å². The Bertz CT molecular complexity index is 2400. The zero-order chi connectivity index (χ0) is 28.3. The summed E-state index contributed by atoms with van der Waals surface area (Å²) in [6.45, 7) is 0. The number of nitrogens with zero attached hydrogens (tertiary/aromatic N) is 3. The Labute approximate surface area is 248 Å². The van der Waals surface area contributed by atoms with Crippen LogP contribution >= 0.6 is 0 Å². The SMILES string of the molecule is c1ccc(-c2cc(-n3c4ccccc4c4c5c6ccccc6c6ccccc6c5ccc43)nc(-c3ccccc3)n2)cc1. The number of fused-ring (bicyclic) bond motifs is 10. The molecule has 2 heterocycles. The van der Waals surface area contributed by atoms with Crippen molar-refractivity contribution >= 4 is 54.1 Å². The Kier molecular flexibility index (Phi) is 5.20. The smallest absolute Gasteiger partial charge is 0.162 e. The molecular formula is C40H25N3. The van der Waals surface area contributed by atoms with Gasteiger partial charge in [-0.1, -0.05) is 133 Å². The second-order valence-corrected chi connectivity index (χ2v) is 11.0. The number of rotatable bonds is 3. The van der Waals surface area contributed by atoms with E-state index in [1.165, 1.54) is 43.1 Å². The van der Waals surface area contributed by atoms with Crippen LogP contribution in [0.4, 0.5) is 0 Å². The number of hydrogen-bond donors (Lipinski definition) is 0. The van der Waals surface area contributed by atoms with Crippen LogP contribution in [0.5, 0.6) is 0 Å². The minimum absolute atomic E-state index is 0.708. The van der Waals surface area contributed by atoms with Crippen molar-refractivity contribution in [1.29, 1.82) is 0 Å². The molecule has 0 aliphatic heterocycles. The van der Waals surface area contributed by atoms with Gasteiger partial charge in [0.25, 0.3) is 0 Å². The third-order valence-electron chi connectivity index (χ3n) is 8.59. The van der Waals surface area contributed by atoms with Crippen LogP contribution in [0.15, 0.2) is 152 Å². The van der Waals surface area contributed by atoms with E-state index < -0.39 is 0 Å². The molecule has 7 aromatic carbocycles. The van der Waals surface area contributed by atoms with Crippen LogP contribution in [0.1, 0.15) is 0 Å². The van der Waals surface area contributed by atoms with Crippen molar-refractivity contribution in [2.45, 2.75) is 0 Å². The fraction of sp³-hybridized carbons (Fsp3) is 0. The fourth-order valence-electron chi connectivity index (χ4n) is 6.72. The number of para-hydroxylation sites is 1. The standard InChI is InChI=1S/C40H25N3/c1-3-13-26(14-4-1)34-25-37(42-40(41-34)27-15-5-2-6-16-27)43-35-22-12-11-21-33(35)39-36(43)24-23-32-30-19-8-7-17-28(30)29-18-9-10-20-31(29)38(32)39/h1-25H. The molecule has 9 aromatic rings. The summed E-state index contributed by atoms with van der Waals surface area (Å²) in [7, 11) is 0. The Morgan fingerprint density at radius 3 is 1.60 bits per heavy atom. The predicted octanol–water partition coefficient (Wildman–Crippen LogP) is 10.4. The van der Waals surface area contributed by atoms with E-state index in [1.54, 1.807) is 0 Å². The Morgan fingerprint density at radius 1 is 0.372 bits per heavy atom. The number of aromatic nitrogens is 3. The van der Waals surface area contributed by atoms with Gasteiger partial charge >= 0.3 is 0 Å². The van der Waals surface area contributed by atoms with Gasteiger partial charge in [0.1, 0.15) is 5.82 Å². The van der Waals surface area contributed by atoms with Crippen molar-refractivity contribution in [2.75, 3.05) is 0 Å². The lowest BCUT2D eigenvalue weighted by molar-refractivity contribution is 1.05. The molecule has 0 aliphatic rings. The average Bonchev–Trinajstić information content (AvgIpc) is 3.43. The van der Waals surface area contributed by atoms with Crippen LogP contribution in [0.2, 0.25) is 0 Å². The van der Waals surface area contributed by atoms with Gasteiger partial charge in [0.2, 0.25) is 0 Å². The third-order valence-corrected chi connectivity index (χ3v) is 8.59. The maximum atomic E-state index is 5.22. The molecule has 0 atom stereocenters. The van der Waals surface area contributed by atoms with E-state index in [0.717, 1.165) is 33.7 Å². The van der Waals surface area contributed by atoms with Gasteiger partial charge in [-0.05, 0) is 39.1 Å². The topological polar surface area (TPSA) is 30.7 Å². The lowest BCUT2D eigenvalue weighted by Gasteiger charge is -2.13. The first-order valence-corrected chi connectivity index (χ1v) is 14.6. The van der Waals surface area contributed by atoms with Crippen LogP contribution in [-0.4, -0.2) is 14.5 Å². The molecule has 2 aromatic heterocycles. The quantitative estimate of drug-likeness (QED) is 0.206. The highest BCUT2D eigenvalue weighted by Crippen LogP contribution is 2.43. The average molecular weight is 548 g/mol. The second kappa shape index (κ2) is 9.37. The van der Waals surface area contributed by atoms with E-state index in [-0.39, 0.29) is 0 Å². The molecule has 200 valence electrons. The van der Waals surface area contributed by atoms with Gasteiger partial charge in [0, 0.05) is 33.4 Å². The Hall–Kier alpha value is -5.80. The monoisotopic (exact) mass is 547 g/mol. The summed E-state index contributed by atoms with van der Waals surface area (Å²) < 4.78 is 2.31. The molecule has 3 nitrogen and oxygen atoms in total. The molecule has 0 spiro atoms. The molecule has 9 rings (SSSR count). The van der Waals surface area contributed by atoms with Gasteiger partial charge in [0.15, 0.2) is 5.82 Å². The van der Waals surface area contributed by atoms with Crippen molar-refractivity contribution in [1.82, 2.24) is 14.5 Å². The largest absolute Gasteiger partial charge is 0.294 e. The first kappa shape index (κ1) is 23.9. The Morgan fingerprint density at radius 2 is 0.907 bits per heavy atom. The molecule has 0 saturated carbocycles. The summed E-state index contributed by atoms with van der Waals surface area (Å²) in [5.74, 6) is 1.56. The van der Waals surface area contributed by atoms with Crippen LogP contribution in [0.3, 0.4) is 0 Å². The van der Waals surface area contributed by atoms with Gasteiger partial charge in [-0.25, -0.2) is 9.97 Å². The molecule has 43 heavy (non-hydrogen) atoms. The molecule has 0 aliphatic carbocycles. The van der Waals surface area contributed by atoms with E-state index in [9.17, 15) is 0 Å². The maximum absolute atomic E-state index is 5.22. The summed E-state index contributed by atoms with van der Waals surface area (Å²) in [4.78, 5) is 10.3. The van der Waals surface area contributed by atoms with Gasteiger partial charge in [-0.3, -0.25) is 4.57 Å². The minimum atomic E-state index is 0.708. The minimum Gasteiger partial charge on any atom is -0.294 e.